The fourth-order valence-corrected chi connectivity index (χ4v) is 1.59. The van der Waals surface area contributed by atoms with Crippen LogP contribution in [0.4, 0.5) is 0 Å². The average molecular weight is 256 g/mol. The summed E-state index contributed by atoms with van der Waals surface area (Å²) in [6, 6.07) is 1.74. The van der Waals surface area contributed by atoms with Gasteiger partial charge in [-0.25, -0.2) is 4.98 Å². The van der Waals surface area contributed by atoms with E-state index in [4.69, 9.17) is 20.9 Å². The molecule has 2 aromatic rings. The molecule has 7 heteroatoms. The van der Waals surface area contributed by atoms with Crippen molar-refractivity contribution in [3.8, 4) is 5.75 Å². The molecule has 2 rings (SSSR count). The normalized spacial score (nSPS) is 10.5. The smallest absolute Gasteiger partial charge is 0.297 e. The summed E-state index contributed by atoms with van der Waals surface area (Å²) in [6.07, 6.45) is 1.34. The first-order valence-corrected chi connectivity index (χ1v) is 5.20. The lowest BCUT2D eigenvalue weighted by Crippen LogP contribution is -2.22. The van der Waals surface area contributed by atoms with E-state index in [0.29, 0.717) is 5.76 Å². The van der Waals surface area contributed by atoms with Crippen LogP contribution in [0.3, 0.4) is 0 Å². The Morgan fingerprint density at radius 2 is 2.35 bits per heavy atom. The van der Waals surface area contributed by atoms with Gasteiger partial charge in [0.15, 0.2) is 10.9 Å². The first-order chi connectivity index (χ1) is 8.11. The summed E-state index contributed by atoms with van der Waals surface area (Å²) in [4.78, 5) is 15.7. The Kier molecular flexibility index (Phi) is 3.14. The number of halogens is 1. The van der Waals surface area contributed by atoms with E-state index in [1.165, 1.54) is 18.0 Å². The standard InChI is InChI=1S/C10H10ClN3O3/c1-6-3-7(17-13-6)4-14-5-12-9(11)8(16-2)10(14)15/h3,5H,4H2,1-2H3. The first kappa shape index (κ1) is 11.7. The van der Waals surface area contributed by atoms with E-state index < -0.39 is 0 Å². The molecule has 0 N–H and O–H groups in total. The van der Waals surface area contributed by atoms with Crippen LogP contribution in [0.5, 0.6) is 5.75 Å². The zero-order valence-corrected chi connectivity index (χ0v) is 10.1. The number of hydrogen-bond acceptors (Lipinski definition) is 5. The minimum absolute atomic E-state index is 0.0189. The second kappa shape index (κ2) is 4.58. The summed E-state index contributed by atoms with van der Waals surface area (Å²) < 4.78 is 11.2. The van der Waals surface area contributed by atoms with Crippen molar-refractivity contribution in [3.63, 3.8) is 0 Å². The molecule has 2 aromatic heterocycles. The molecule has 0 saturated heterocycles. The molecule has 0 aliphatic heterocycles. The maximum absolute atomic E-state index is 11.9. The minimum atomic E-state index is -0.360. The van der Waals surface area contributed by atoms with Gasteiger partial charge < -0.3 is 9.26 Å². The molecular weight excluding hydrogens is 246 g/mol. The monoisotopic (exact) mass is 255 g/mol. The zero-order valence-electron chi connectivity index (χ0n) is 9.31. The van der Waals surface area contributed by atoms with Gasteiger partial charge >= 0.3 is 0 Å². The molecule has 0 spiro atoms. The van der Waals surface area contributed by atoms with Crippen LogP contribution in [0.1, 0.15) is 11.5 Å². The van der Waals surface area contributed by atoms with E-state index in [1.54, 1.807) is 13.0 Å². The molecule has 0 aliphatic carbocycles. The SMILES string of the molecule is COc1c(Cl)ncn(Cc2cc(C)no2)c1=O. The Morgan fingerprint density at radius 1 is 1.59 bits per heavy atom. The number of aryl methyl sites for hydroxylation is 1. The zero-order chi connectivity index (χ0) is 12.4. The number of hydrogen-bond donors (Lipinski definition) is 0. The summed E-state index contributed by atoms with van der Waals surface area (Å²) >= 11 is 5.72. The van der Waals surface area contributed by atoms with Crippen molar-refractivity contribution in [1.29, 1.82) is 0 Å². The van der Waals surface area contributed by atoms with Gasteiger partial charge in [0.1, 0.15) is 0 Å². The van der Waals surface area contributed by atoms with Crippen LogP contribution in [-0.2, 0) is 6.54 Å². The lowest BCUT2D eigenvalue weighted by Gasteiger charge is -2.05. The molecule has 0 atom stereocenters. The van der Waals surface area contributed by atoms with Crippen LogP contribution in [-0.4, -0.2) is 21.8 Å². The number of methoxy groups -OCH3 is 1. The van der Waals surface area contributed by atoms with Crippen molar-refractivity contribution in [3.05, 3.63) is 39.4 Å². The van der Waals surface area contributed by atoms with Gasteiger partial charge in [-0.1, -0.05) is 16.8 Å². The molecule has 0 aliphatic rings. The molecule has 17 heavy (non-hydrogen) atoms. The maximum atomic E-state index is 11.9. The molecule has 0 amide bonds. The van der Waals surface area contributed by atoms with Gasteiger partial charge in [-0.3, -0.25) is 9.36 Å². The molecule has 0 bridgehead atoms. The third-order valence-electron chi connectivity index (χ3n) is 2.16. The molecule has 2 heterocycles. The molecular formula is C10H10ClN3O3. The summed E-state index contributed by atoms with van der Waals surface area (Å²) in [7, 11) is 1.37. The van der Waals surface area contributed by atoms with E-state index in [-0.39, 0.29) is 23.0 Å². The second-order valence-corrected chi connectivity index (χ2v) is 3.79. The third-order valence-corrected chi connectivity index (χ3v) is 2.43. The second-order valence-electron chi connectivity index (χ2n) is 3.44. The number of nitrogens with zero attached hydrogens (tertiary/aromatic N) is 3. The van der Waals surface area contributed by atoms with E-state index in [0.717, 1.165) is 5.69 Å². The Balaban J connectivity index is 2.37. The molecule has 0 fully saturated rings. The van der Waals surface area contributed by atoms with Gasteiger partial charge in [0, 0.05) is 6.07 Å². The van der Waals surface area contributed by atoms with Gasteiger partial charge in [0.25, 0.3) is 5.56 Å². The highest BCUT2D eigenvalue weighted by atomic mass is 35.5. The van der Waals surface area contributed by atoms with E-state index in [2.05, 4.69) is 10.1 Å². The van der Waals surface area contributed by atoms with Crippen molar-refractivity contribution < 1.29 is 9.26 Å². The molecule has 0 aromatic carbocycles. The summed E-state index contributed by atoms with van der Waals surface area (Å²) in [6.45, 7) is 2.04. The molecule has 0 radical (unpaired) electrons. The Labute approximate surface area is 102 Å². The van der Waals surface area contributed by atoms with E-state index in [9.17, 15) is 4.79 Å². The van der Waals surface area contributed by atoms with Crippen LogP contribution in [0, 0.1) is 6.92 Å². The largest absolute Gasteiger partial charge is 0.489 e. The molecule has 90 valence electrons. The first-order valence-electron chi connectivity index (χ1n) is 4.83. The number of rotatable bonds is 3. The predicted octanol–water partition coefficient (Wildman–Crippen LogP) is 1.25. The third kappa shape index (κ3) is 2.31. The molecule has 6 nitrogen and oxygen atoms in total. The lowest BCUT2D eigenvalue weighted by molar-refractivity contribution is 0.366. The fraction of sp³-hybridized carbons (Fsp3) is 0.300. The highest BCUT2D eigenvalue weighted by Gasteiger charge is 2.11. The van der Waals surface area contributed by atoms with Crippen LogP contribution in [0.25, 0.3) is 0 Å². The highest BCUT2D eigenvalue weighted by Crippen LogP contribution is 2.15. The van der Waals surface area contributed by atoms with Crippen molar-refractivity contribution in [2.45, 2.75) is 13.5 Å². The van der Waals surface area contributed by atoms with Gasteiger partial charge in [0.2, 0.25) is 5.75 Å². The quantitative estimate of drug-likeness (QED) is 0.772. The minimum Gasteiger partial charge on any atom is -0.489 e. The van der Waals surface area contributed by atoms with E-state index in [1.807, 2.05) is 0 Å². The van der Waals surface area contributed by atoms with Gasteiger partial charge in [0.05, 0.1) is 25.7 Å². The summed E-state index contributed by atoms with van der Waals surface area (Å²) in [5.74, 6) is 0.584. The van der Waals surface area contributed by atoms with Crippen molar-refractivity contribution in [2.24, 2.45) is 0 Å². The Hall–Kier alpha value is -1.82. The lowest BCUT2D eigenvalue weighted by atomic mass is 10.4. The average Bonchev–Trinajstić information content (AvgIpc) is 2.69. The summed E-state index contributed by atoms with van der Waals surface area (Å²) in [5.41, 5.74) is 0.392. The van der Waals surface area contributed by atoms with Crippen LogP contribution in [0.15, 0.2) is 21.7 Å². The topological polar surface area (TPSA) is 70.2 Å². The highest BCUT2D eigenvalue weighted by molar-refractivity contribution is 6.30. The molecule has 0 unspecified atom stereocenters. The van der Waals surface area contributed by atoms with Crippen molar-refractivity contribution >= 4 is 11.6 Å². The van der Waals surface area contributed by atoms with Gasteiger partial charge in [-0.15, -0.1) is 0 Å². The van der Waals surface area contributed by atoms with Crippen molar-refractivity contribution in [1.82, 2.24) is 14.7 Å². The van der Waals surface area contributed by atoms with Crippen LogP contribution in [0.2, 0.25) is 5.15 Å². The molecule has 0 saturated carbocycles. The predicted molar refractivity (Wildman–Crippen MR) is 60.4 cm³/mol. The van der Waals surface area contributed by atoms with Crippen molar-refractivity contribution in [2.75, 3.05) is 7.11 Å². The van der Waals surface area contributed by atoms with Crippen LogP contribution < -0.4 is 10.3 Å². The fourth-order valence-electron chi connectivity index (χ4n) is 1.39. The maximum Gasteiger partial charge on any atom is 0.297 e. The Bertz CT molecular complexity index is 591. The summed E-state index contributed by atoms with van der Waals surface area (Å²) in [5, 5.41) is 3.78. The van der Waals surface area contributed by atoms with Crippen LogP contribution >= 0.6 is 11.6 Å². The number of ether oxygens (including phenoxy) is 1. The van der Waals surface area contributed by atoms with Gasteiger partial charge in [-0.05, 0) is 6.92 Å². The van der Waals surface area contributed by atoms with Gasteiger partial charge in [-0.2, -0.15) is 0 Å². The Morgan fingerprint density at radius 3 is 2.94 bits per heavy atom. The number of aromatic nitrogens is 3. The van der Waals surface area contributed by atoms with E-state index >= 15 is 0 Å².